The summed E-state index contributed by atoms with van der Waals surface area (Å²) in [6.07, 6.45) is 0. The molecule has 0 spiro atoms. The van der Waals surface area contributed by atoms with Crippen LogP contribution in [0.5, 0.6) is 11.5 Å². The molecule has 0 amide bonds. The SMILES string of the molecule is Oc1c(Cl)cc(NCc2ccc(OCc3c(Cl)cccc3Cl)cc2)cc1Cl. The Labute approximate surface area is 177 Å². The molecule has 3 nitrogen and oxygen atoms in total. The molecule has 7 heteroatoms. The summed E-state index contributed by atoms with van der Waals surface area (Å²) >= 11 is 24.1. The topological polar surface area (TPSA) is 41.5 Å². The molecule has 0 aliphatic heterocycles. The minimum atomic E-state index is -0.121. The highest BCUT2D eigenvalue weighted by molar-refractivity contribution is 6.37. The van der Waals surface area contributed by atoms with Gasteiger partial charge in [-0.1, -0.05) is 64.6 Å². The average Bonchev–Trinajstić information content (AvgIpc) is 2.65. The van der Waals surface area contributed by atoms with Gasteiger partial charge >= 0.3 is 0 Å². The van der Waals surface area contributed by atoms with Gasteiger partial charge in [-0.05, 0) is 42.0 Å². The predicted molar refractivity (Wildman–Crippen MR) is 113 cm³/mol. The van der Waals surface area contributed by atoms with Gasteiger partial charge in [0.1, 0.15) is 12.4 Å². The van der Waals surface area contributed by atoms with Gasteiger partial charge in [-0.2, -0.15) is 0 Å². The van der Waals surface area contributed by atoms with Gasteiger partial charge in [0.05, 0.1) is 10.0 Å². The highest BCUT2D eigenvalue weighted by Gasteiger charge is 2.08. The van der Waals surface area contributed by atoms with Crippen molar-refractivity contribution in [3.63, 3.8) is 0 Å². The Hall–Kier alpha value is -1.78. The van der Waals surface area contributed by atoms with Crippen molar-refractivity contribution in [2.24, 2.45) is 0 Å². The lowest BCUT2D eigenvalue weighted by Crippen LogP contribution is -2.00. The zero-order valence-corrected chi connectivity index (χ0v) is 17.0. The molecule has 0 aliphatic rings. The van der Waals surface area contributed by atoms with Gasteiger partial charge < -0.3 is 15.2 Å². The fraction of sp³-hybridized carbons (Fsp3) is 0.100. The Morgan fingerprint density at radius 1 is 0.815 bits per heavy atom. The van der Waals surface area contributed by atoms with E-state index in [4.69, 9.17) is 51.1 Å². The smallest absolute Gasteiger partial charge is 0.152 e. The number of halogens is 4. The van der Waals surface area contributed by atoms with E-state index in [0.717, 1.165) is 16.8 Å². The minimum Gasteiger partial charge on any atom is -0.505 e. The third-order valence-corrected chi connectivity index (χ3v) is 5.17. The van der Waals surface area contributed by atoms with Crippen molar-refractivity contribution in [1.82, 2.24) is 0 Å². The van der Waals surface area contributed by atoms with Crippen molar-refractivity contribution in [3.05, 3.63) is 85.8 Å². The summed E-state index contributed by atoms with van der Waals surface area (Å²) in [5.41, 5.74) is 2.52. The molecule has 0 unspecified atom stereocenters. The van der Waals surface area contributed by atoms with E-state index in [1.165, 1.54) is 0 Å². The van der Waals surface area contributed by atoms with Gasteiger partial charge in [0.2, 0.25) is 0 Å². The van der Waals surface area contributed by atoms with Crippen molar-refractivity contribution in [2.45, 2.75) is 13.2 Å². The molecule has 0 radical (unpaired) electrons. The zero-order chi connectivity index (χ0) is 19.4. The first-order valence-electron chi connectivity index (χ1n) is 8.00. The number of hydrogen-bond acceptors (Lipinski definition) is 3. The standard InChI is InChI=1S/C20H15Cl4NO2/c21-16-2-1-3-17(22)15(16)11-27-14-6-4-12(5-7-14)10-25-13-8-18(23)20(26)19(24)9-13/h1-9,25-26H,10-11H2. The molecule has 140 valence electrons. The van der Waals surface area contributed by atoms with E-state index in [-0.39, 0.29) is 15.8 Å². The third kappa shape index (κ3) is 5.14. The van der Waals surface area contributed by atoms with Crippen molar-refractivity contribution >= 4 is 52.1 Å². The van der Waals surface area contributed by atoms with E-state index in [0.29, 0.717) is 28.9 Å². The number of phenols is 1. The summed E-state index contributed by atoms with van der Waals surface area (Å²) in [5, 5.41) is 14.4. The summed E-state index contributed by atoms with van der Waals surface area (Å²) in [5.74, 6) is 0.592. The van der Waals surface area contributed by atoms with Gasteiger partial charge in [0.25, 0.3) is 0 Å². The fourth-order valence-corrected chi connectivity index (χ4v) is 3.39. The number of anilines is 1. The van der Waals surface area contributed by atoms with Crippen molar-refractivity contribution in [1.29, 1.82) is 0 Å². The number of phenolic OH excluding ortho intramolecular Hbond substituents is 1. The first-order valence-corrected chi connectivity index (χ1v) is 9.51. The second kappa shape index (κ2) is 8.94. The molecule has 2 N–H and O–H groups in total. The van der Waals surface area contributed by atoms with Crippen LogP contribution in [-0.2, 0) is 13.2 Å². The maximum atomic E-state index is 9.59. The Bertz CT molecular complexity index is 902. The molecule has 3 aromatic carbocycles. The summed E-state index contributed by atoms with van der Waals surface area (Å²) in [6.45, 7) is 0.856. The van der Waals surface area contributed by atoms with Crippen LogP contribution in [0, 0.1) is 0 Å². The van der Waals surface area contributed by atoms with E-state index >= 15 is 0 Å². The van der Waals surface area contributed by atoms with Crippen molar-refractivity contribution < 1.29 is 9.84 Å². The molecule has 0 aliphatic carbocycles. The van der Waals surface area contributed by atoms with Crippen LogP contribution in [0.4, 0.5) is 5.69 Å². The van der Waals surface area contributed by atoms with Crippen molar-refractivity contribution in [2.75, 3.05) is 5.32 Å². The lowest BCUT2D eigenvalue weighted by molar-refractivity contribution is 0.306. The van der Waals surface area contributed by atoms with Gasteiger partial charge in [-0.15, -0.1) is 0 Å². The minimum absolute atomic E-state index is 0.121. The number of ether oxygens (including phenoxy) is 1. The molecular weight excluding hydrogens is 428 g/mol. The molecule has 0 fully saturated rings. The average molecular weight is 443 g/mol. The van der Waals surface area contributed by atoms with E-state index in [2.05, 4.69) is 5.32 Å². The monoisotopic (exact) mass is 441 g/mol. The quantitative estimate of drug-likeness (QED) is 0.396. The number of aromatic hydroxyl groups is 1. The Kier molecular flexibility index (Phi) is 6.61. The van der Waals surface area contributed by atoms with Gasteiger partial charge in [-0.25, -0.2) is 0 Å². The van der Waals surface area contributed by atoms with Crippen molar-refractivity contribution in [3.8, 4) is 11.5 Å². The summed E-state index contributed by atoms with van der Waals surface area (Å²) in [7, 11) is 0. The first kappa shape index (κ1) is 20.0. The van der Waals surface area contributed by atoms with Gasteiger partial charge in [0.15, 0.2) is 5.75 Å². The maximum absolute atomic E-state index is 9.59. The zero-order valence-electron chi connectivity index (χ0n) is 14.0. The molecule has 3 rings (SSSR count). The fourth-order valence-electron chi connectivity index (χ4n) is 2.40. The highest BCUT2D eigenvalue weighted by Crippen LogP contribution is 2.34. The van der Waals surface area contributed by atoms with E-state index in [1.807, 2.05) is 24.3 Å². The van der Waals surface area contributed by atoms with Crippen LogP contribution in [0.2, 0.25) is 20.1 Å². The molecule has 3 aromatic rings. The van der Waals surface area contributed by atoms with Crippen LogP contribution in [-0.4, -0.2) is 5.11 Å². The largest absolute Gasteiger partial charge is 0.505 e. The number of hydrogen-bond donors (Lipinski definition) is 2. The molecule has 0 atom stereocenters. The molecule has 0 saturated carbocycles. The van der Waals surface area contributed by atoms with Gasteiger partial charge in [0, 0.05) is 27.8 Å². The lowest BCUT2D eigenvalue weighted by atomic mass is 10.2. The molecular formula is C20H15Cl4NO2. The van der Waals surface area contributed by atoms with Crippen LogP contribution in [0.25, 0.3) is 0 Å². The van der Waals surface area contributed by atoms with E-state index in [9.17, 15) is 5.11 Å². The lowest BCUT2D eigenvalue weighted by Gasteiger charge is -2.11. The third-order valence-electron chi connectivity index (χ3n) is 3.88. The van der Waals surface area contributed by atoms with Crippen LogP contribution in [0.1, 0.15) is 11.1 Å². The Balaban J connectivity index is 1.59. The molecule has 0 aromatic heterocycles. The Morgan fingerprint density at radius 3 is 2.00 bits per heavy atom. The van der Waals surface area contributed by atoms with Gasteiger partial charge in [-0.3, -0.25) is 0 Å². The Morgan fingerprint density at radius 2 is 1.41 bits per heavy atom. The van der Waals surface area contributed by atoms with E-state index < -0.39 is 0 Å². The second-order valence-corrected chi connectivity index (χ2v) is 7.40. The van der Waals surface area contributed by atoms with E-state index in [1.54, 1.807) is 30.3 Å². The second-order valence-electron chi connectivity index (χ2n) is 5.77. The first-order chi connectivity index (χ1) is 12.9. The van der Waals surface area contributed by atoms with Crippen LogP contribution in [0.3, 0.4) is 0 Å². The number of benzene rings is 3. The summed E-state index contributed by atoms with van der Waals surface area (Å²) < 4.78 is 5.76. The van der Waals surface area contributed by atoms with Crippen LogP contribution in [0.15, 0.2) is 54.6 Å². The highest BCUT2D eigenvalue weighted by atomic mass is 35.5. The van der Waals surface area contributed by atoms with Crippen LogP contribution >= 0.6 is 46.4 Å². The number of nitrogens with one attached hydrogen (secondary N) is 1. The molecule has 0 bridgehead atoms. The maximum Gasteiger partial charge on any atom is 0.152 e. The molecule has 0 heterocycles. The predicted octanol–water partition coefficient (Wildman–Crippen LogP) is 7.20. The van der Waals surface area contributed by atoms with Crippen LogP contribution < -0.4 is 10.1 Å². The normalized spacial score (nSPS) is 10.7. The summed E-state index contributed by atoms with van der Waals surface area (Å²) in [4.78, 5) is 0. The summed E-state index contributed by atoms with van der Waals surface area (Å²) in [6, 6.07) is 16.2. The number of rotatable bonds is 6. The molecule has 27 heavy (non-hydrogen) atoms. The molecule has 0 saturated heterocycles.